The van der Waals surface area contributed by atoms with E-state index in [0.29, 0.717) is 6.04 Å². The first-order valence-electron chi connectivity index (χ1n) is 7.34. The minimum Gasteiger partial charge on any atom is -0.314 e. The topological polar surface area (TPSA) is 42.7 Å². The molecule has 2 aliphatic rings. The summed E-state index contributed by atoms with van der Waals surface area (Å²) in [6, 6.07) is 0.599. The Morgan fingerprint density at radius 1 is 1.44 bits per heavy atom. The maximum Gasteiger partial charge on any atom is 0.0842 e. The minimum absolute atomic E-state index is 0.599. The van der Waals surface area contributed by atoms with Crippen molar-refractivity contribution < 1.29 is 0 Å². The lowest BCUT2D eigenvalue weighted by atomic mass is 9.81. The summed E-state index contributed by atoms with van der Waals surface area (Å²) < 4.78 is 1.80. The largest absolute Gasteiger partial charge is 0.314 e. The summed E-state index contributed by atoms with van der Waals surface area (Å²) in [7, 11) is 1.94. The molecule has 4 atom stereocenters. The molecule has 1 N–H and O–H groups in total. The molecule has 2 aliphatic carbocycles. The molecule has 2 saturated carbocycles. The number of fused-ring (bicyclic) bond motifs is 2. The van der Waals surface area contributed by atoms with Crippen LogP contribution in [0.5, 0.6) is 0 Å². The van der Waals surface area contributed by atoms with Crippen LogP contribution >= 0.6 is 0 Å². The Bertz CT molecular complexity index is 400. The van der Waals surface area contributed by atoms with Gasteiger partial charge in [-0.15, -0.1) is 5.10 Å². The van der Waals surface area contributed by atoms with Crippen LogP contribution in [0.2, 0.25) is 0 Å². The third-order valence-corrected chi connectivity index (χ3v) is 4.86. The van der Waals surface area contributed by atoms with Gasteiger partial charge in [0.15, 0.2) is 0 Å². The van der Waals surface area contributed by atoms with Crippen molar-refractivity contribution in [2.75, 3.05) is 6.54 Å². The second-order valence-corrected chi connectivity index (χ2v) is 6.09. The van der Waals surface area contributed by atoms with Gasteiger partial charge in [-0.25, -0.2) is 0 Å². The SMILES string of the molecule is CCNC(Cc1cn(C)nn1)C1CC2CCC1C2. The van der Waals surface area contributed by atoms with Gasteiger partial charge >= 0.3 is 0 Å². The second kappa shape index (κ2) is 5.00. The number of hydrogen-bond acceptors (Lipinski definition) is 3. The molecule has 18 heavy (non-hydrogen) atoms. The van der Waals surface area contributed by atoms with Gasteiger partial charge in [0.2, 0.25) is 0 Å². The average Bonchev–Trinajstić information content (AvgIpc) is 3.05. The predicted molar refractivity (Wildman–Crippen MR) is 71.1 cm³/mol. The molecular weight excluding hydrogens is 224 g/mol. The third kappa shape index (κ3) is 2.30. The second-order valence-electron chi connectivity index (χ2n) is 6.09. The molecule has 0 saturated heterocycles. The van der Waals surface area contributed by atoms with Crippen LogP contribution in [-0.2, 0) is 13.5 Å². The van der Waals surface area contributed by atoms with Crippen LogP contribution in [0.1, 0.15) is 38.3 Å². The summed E-state index contributed by atoms with van der Waals surface area (Å²) in [6.07, 6.45) is 8.94. The molecule has 100 valence electrons. The maximum atomic E-state index is 4.24. The van der Waals surface area contributed by atoms with E-state index in [1.165, 1.54) is 25.7 Å². The predicted octanol–water partition coefficient (Wildman–Crippen LogP) is 1.77. The van der Waals surface area contributed by atoms with Gasteiger partial charge in [-0.2, -0.15) is 0 Å². The minimum atomic E-state index is 0.599. The van der Waals surface area contributed by atoms with Gasteiger partial charge in [-0.1, -0.05) is 18.6 Å². The molecule has 1 aromatic heterocycles. The molecular formula is C14H24N4. The summed E-state index contributed by atoms with van der Waals surface area (Å²) in [4.78, 5) is 0. The lowest BCUT2D eigenvalue weighted by Gasteiger charge is -2.30. The van der Waals surface area contributed by atoms with Gasteiger partial charge in [0.1, 0.15) is 0 Å². The third-order valence-electron chi connectivity index (χ3n) is 4.86. The summed E-state index contributed by atoms with van der Waals surface area (Å²) >= 11 is 0. The van der Waals surface area contributed by atoms with E-state index < -0.39 is 0 Å². The van der Waals surface area contributed by atoms with Gasteiger partial charge < -0.3 is 5.32 Å². The normalized spacial score (nSPS) is 32.0. The average molecular weight is 248 g/mol. The smallest absolute Gasteiger partial charge is 0.0842 e. The molecule has 3 rings (SSSR count). The number of rotatable bonds is 5. The van der Waals surface area contributed by atoms with Gasteiger partial charge in [0.05, 0.1) is 5.69 Å². The highest BCUT2D eigenvalue weighted by atomic mass is 15.4. The van der Waals surface area contributed by atoms with Crippen LogP contribution in [0, 0.1) is 17.8 Å². The first-order chi connectivity index (χ1) is 8.76. The summed E-state index contributed by atoms with van der Waals surface area (Å²) in [6.45, 7) is 3.26. The zero-order chi connectivity index (χ0) is 12.5. The monoisotopic (exact) mass is 248 g/mol. The molecule has 1 aromatic rings. The molecule has 4 heteroatoms. The first kappa shape index (κ1) is 12.2. The van der Waals surface area contributed by atoms with Crippen LogP contribution in [0.3, 0.4) is 0 Å². The Kier molecular flexibility index (Phi) is 3.37. The fourth-order valence-corrected chi connectivity index (χ4v) is 4.14. The van der Waals surface area contributed by atoms with Gasteiger partial charge in [0.25, 0.3) is 0 Å². The molecule has 0 spiro atoms. The van der Waals surface area contributed by atoms with E-state index in [-0.39, 0.29) is 0 Å². The van der Waals surface area contributed by atoms with Crippen molar-refractivity contribution in [3.05, 3.63) is 11.9 Å². The van der Waals surface area contributed by atoms with Crippen LogP contribution in [-0.4, -0.2) is 27.6 Å². The van der Waals surface area contributed by atoms with Gasteiger partial charge in [0, 0.05) is 25.7 Å². The highest BCUT2D eigenvalue weighted by molar-refractivity contribution is 5.02. The molecule has 4 unspecified atom stereocenters. The Morgan fingerprint density at radius 2 is 2.33 bits per heavy atom. The zero-order valence-electron chi connectivity index (χ0n) is 11.5. The molecule has 0 aliphatic heterocycles. The number of nitrogens with zero attached hydrogens (tertiary/aromatic N) is 3. The fraction of sp³-hybridized carbons (Fsp3) is 0.857. The Labute approximate surface area is 109 Å². The zero-order valence-corrected chi connectivity index (χ0v) is 11.5. The van der Waals surface area contributed by atoms with E-state index in [9.17, 15) is 0 Å². The number of nitrogens with one attached hydrogen (secondary N) is 1. The standard InChI is InChI=1S/C14H24N4/c1-3-15-14(8-12-9-18(2)17-16-12)13-7-10-4-5-11(13)6-10/h9-11,13-15H,3-8H2,1-2H3. The fourth-order valence-electron chi connectivity index (χ4n) is 4.14. The van der Waals surface area contributed by atoms with Crippen LogP contribution in [0.15, 0.2) is 6.20 Å². The number of aryl methyl sites for hydroxylation is 1. The summed E-state index contributed by atoms with van der Waals surface area (Å²) in [5, 5.41) is 12.0. The molecule has 0 radical (unpaired) electrons. The van der Waals surface area contributed by atoms with Gasteiger partial charge in [-0.05, 0) is 43.6 Å². The Hall–Kier alpha value is -0.900. The van der Waals surface area contributed by atoms with Crippen molar-refractivity contribution in [2.45, 2.75) is 45.1 Å². The molecule has 0 aromatic carbocycles. The van der Waals surface area contributed by atoms with Crippen molar-refractivity contribution in [1.82, 2.24) is 20.3 Å². The first-order valence-corrected chi connectivity index (χ1v) is 7.34. The molecule has 1 heterocycles. The van der Waals surface area contributed by atoms with E-state index in [0.717, 1.165) is 36.4 Å². The van der Waals surface area contributed by atoms with Crippen molar-refractivity contribution >= 4 is 0 Å². The van der Waals surface area contributed by atoms with E-state index in [1.54, 1.807) is 4.68 Å². The maximum absolute atomic E-state index is 4.24. The van der Waals surface area contributed by atoms with Gasteiger partial charge in [-0.3, -0.25) is 4.68 Å². The van der Waals surface area contributed by atoms with Crippen molar-refractivity contribution in [2.24, 2.45) is 24.8 Å². The van der Waals surface area contributed by atoms with Crippen LogP contribution in [0.4, 0.5) is 0 Å². The molecule has 2 fully saturated rings. The lowest BCUT2D eigenvalue weighted by Crippen LogP contribution is -2.40. The molecule has 2 bridgehead atoms. The van der Waals surface area contributed by atoms with E-state index in [2.05, 4.69) is 28.7 Å². The lowest BCUT2D eigenvalue weighted by molar-refractivity contribution is 0.248. The van der Waals surface area contributed by atoms with Crippen molar-refractivity contribution in [3.8, 4) is 0 Å². The highest BCUT2D eigenvalue weighted by Gasteiger charge is 2.42. The molecule has 4 nitrogen and oxygen atoms in total. The number of aromatic nitrogens is 3. The van der Waals surface area contributed by atoms with E-state index in [1.807, 2.05) is 7.05 Å². The summed E-state index contributed by atoms with van der Waals surface area (Å²) in [5.41, 5.74) is 1.13. The van der Waals surface area contributed by atoms with E-state index in [4.69, 9.17) is 0 Å². The van der Waals surface area contributed by atoms with Crippen molar-refractivity contribution in [3.63, 3.8) is 0 Å². The van der Waals surface area contributed by atoms with Crippen molar-refractivity contribution in [1.29, 1.82) is 0 Å². The quantitative estimate of drug-likeness (QED) is 0.863. The Morgan fingerprint density at radius 3 is 2.89 bits per heavy atom. The van der Waals surface area contributed by atoms with Crippen LogP contribution < -0.4 is 5.32 Å². The number of likely N-dealkylation sites (N-methyl/N-ethyl adjacent to an activating group) is 1. The number of hydrogen-bond donors (Lipinski definition) is 1. The van der Waals surface area contributed by atoms with Crippen LogP contribution in [0.25, 0.3) is 0 Å². The highest BCUT2D eigenvalue weighted by Crippen LogP contribution is 2.49. The Balaban J connectivity index is 1.68. The van der Waals surface area contributed by atoms with E-state index >= 15 is 0 Å². The molecule has 0 amide bonds. The summed E-state index contributed by atoms with van der Waals surface area (Å²) in [5.74, 6) is 2.85.